The molecule has 0 unspecified atom stereocenters. The van der Waals surface area contributed by atoms with Gasteiger partial charge in [-0.2, -0.15) is 0 Å². The molecule has 2 atom stereocenters. The first-order valence-electron chi connectivity index (χ1n) is 11.1. The van der Waals surface area contributed by atoms with Crippen molar-refractivity contribution >= 4 is 5.91 Å². The van der Waals surface area contributed by atoms with Gasteiger partial charge in [0.1, 0.15) is 0 Å². The monoisotopic (exact) mass is 445 g/mol. The first kappa shape index (κ1) is 21.5. The highest BCUT2D eigenvalue weighted by Crippen LogP contribution is 2.42. The SMILES string of the molecule is COc1ncccc1CN1C[C@@H](c2cccnc2)[C@]2(C1)OCCN(Cc1ccncc1)C2=O. The normalized spacial score (nSPS) is 23.2. The Kier molecular flexibility index (Phi) is 6.02. The van der Waals surface area contributed by atoms with Crippen LogP contribution in [0.3, 0.4) is 0 Å². The third-order valence-corrected chi connectivity index (χ3v) is 6.48. The van der Waals surface area contributed by atoms with Crippen LogP contribution in [0, 0.1) is 0 Å². The molecule has 170 valence electrons. The van der Waals surface area contributed by atoms with Gasteiger partial charge in [-0.3, -0.25) is 19.7 Å². The summed E-state index contributed by atoms with van der Waals surface area (Å²) in [6.07, 6.45) is 8.83. The lowest BCUT2D eigenvalue weighted by Gasteiger charge is -2.42. The van der Waals surface area contributed by atoms with Crippen molar-refractivity contribution < 1.29 is 14.3 Å². The molecule has 2 fully saturated rings. The minimum absolute atomic E-state index is 0.0278. The number of carbonyl (C=O) groups excluding carboxylic acids is 1. The van der Waals surface area contributed by atoms with E-state index in [1.165, 1.54) is 0 Å². The molecule has 2 aliphatic rings. The summed E-state index contributed by atoms with van der Waals surface area (Å²) < 4.78 is 11.8. The van der Waals surface area contributed by atoms with Gasteiger partial charge in [0.15, 0.2) is 5.60 Å². The summed E-state index contributed by atoms with van der Waals surface area (Å²) in [6.45, 7) is 3.41. The molecule has 0 aromatic carbocycles. The Morgan fingerprint density at radius 1 is 1.09 bits per heavy atom. The molecule has 0 saturated carbocycles. The highest BCUT2D eigenvalue weighted by Gasteiger charge is 2.57. The van der Waals surface area contributed by atoms with Crippen LogP contribution in [0.1, 0.15) is 22.6 Å². The summed E-state index contributed by atoms with van der Waals surface area (Å²) in [5.41, 5.74) is 2.10. The molecule has 33 heavy (non-hydrogen) atoms. The third kappa shape index (κ3) is 4.19. The standard InChI is InChI=1S/C25H27N5O3/c1-32-23-21(5-3-9-28-23)16-29-17-22(20-4-2-8-27-14-20)25(18-29)24(31)30(12-13-33-25)15-19-6-10-26-11-7-19/h2-11,14,22H,12-13,15-18H2,1H3/t22-,25-/m0/s1. The number of likely N-dealkylation sites (tertiary alicyclic amines) is 1. The summed E-state index contributed by atoms with van der Waals surface area (Å²) in [6, 6.07) is 11.8. The molecule has 0 radical (unpaired) electrons. The Morgan fingerprint density at radius 2 is 1.94 bits per heavy atom. The summed E-state index contributed by atoms with van der Waals surface area (Å²) in [4.78, 5) is 30.9. The molecule has 3 aromatic rings. The van der Waals surface area contributed by atoms with E-state index in [2.05, 4.69) is 19.9 Å². The maximum Gasteiger partial charge on any atom is 0.257 e. The van der Waals surface area contributed by atoms with Crippen molar-refractivity contribution in [2.75, 3.05) is 33.4 Å². The van der Waals surface area contributed by atoms with Gasteiger partial charge in [-0.05, 0) is 35.4 Å². The number of methoxy groups -OCH3 is 1. The van der Waals surface area contributed by atoms with E-state index in [0.29, 0.717) is 45.2 Å². The van der Waals surface area contributed by atoms with Crippen LogP contribution in [-0.2, 0) is 22.6 Å². The summed E-state index contributed by atoms with van der Waals surface area (Å²) >= 11 is 0. The Morgan fingerprint density at radius 3 is 2.73 bits per heavy atom. The summed E-state index contributed by atoms with van der Waals surface area (Å²) in [5, 5.41) is 0. The van der Waals surface area contributed by atoms with Crippen LogP contribution >= 0.6 is 0 Å². The van der Waals surface area contributed by atoms with Gasteiger partial charge in [-0.1, -0.05) is 12.1 Å². The van der Waals surface area contributed by atoms with Crippen molar-refractivity contribution in [1.82, 2.24) is 24.8 Å². The maximum atomic E-state index is 14.0. The van der Waals surface area contributed by atoms with E-state index < -0.39 is 5.60 Å². The molecule has 1 amide bonds. The predicted octanol–water partition coefficient (Wildman–Crippen LogP) is 2.28. The molecule has 8 heteroatoms. The molecule has 5 rings (SSSR count). The van der Waals surface area contributed by atoms with Crippen LogP contribution in [0.5, 0.6) is 5.88 Å². The van der Waals surface area contributed by atoms with E-state index in [1.807, 2.05) is 47.5 Å². The largest absolute Gasteiger partial charge is 0.481 e. The highest BCUT2D eigenvalue weighted by molar-refractivity contribution is 5.88. The van der Waals surface area contributed by atoms with Crippen LogP contribution < -0.4 is 4.74 Å². The van der Waals surface area contributed by atoms with Gasteiger partial charge < -0.3 is 14.4 Å². The smallest absolute Gasteiger partial charge is 0.257 e. The molecule has 0 bridgehead atoms. The zero-order valence-corrected chi connectivity index (χ0v) is 18.6. The predicted molar refractivity (Wildman–Crippen MR) is 121 cm³/mol. The van der Waals surface area contributed by atoms with E-state index in [0.717, 1.165) is 16.7 Å². The van der Waals surface area contributed by atoms with Gasteiger partial charge in [-0.15, -0.1) is 0 Å². The van der Waals surface area contributed by atoms with Gasteiger partial charge in [0.2, 0.25) is 5.88 Å². The topological polar surface area (TPSA) is 80.7 Å². The van der Waals surface area contributed by atoms with E-state index in [9.17, 15) is 4.79 Å². The molecule has 1 spiro atoms. The van der Waals surface area contributed by atoms with Gasteiger partial charge in [-0.25, -0.2) is 4.98 Å². The fraction of sp³-hybridized carbons (Fsp3) is 0.360. The first-order chi connectivity index (χ1) is 16.2. The maximum absolute atomic E-state index is 14.0. The molecule has 5 heterocycles. The molecule has 3 aromatic heterocycles. The number of hydrogen-bond acceptors (Lipinski definition) is 7. The molecular weight excluding hydrogens is 418 g/mol. The van der Waals surface area contributed by atoms with Crippen LogP contribution in [0.25, 0.3) is 0 Å². The van der Waals surface area contributed by atoms with Crippen LogP contribution in [0.15, 0.2) is 67.4 Å². The lowest BCUT2D eigenvalue weighted by Crippen LogP contribution is -2.59. The lowest BCUT2D eigenvalue weighted by atomic mass is 9.83. The first-order valence-corrected chi connectivity index (χ1v) is 11.1. The van der Waals surface area contributed by atoms with E-state index in [1.54, 1.807) is 31.9 Å². The lowest BCUT2D eigenvalue weighted by molar-refractivity contribution is -0.173. The zero-order valence-electron chi connectivity index (χ0n) is 18.6. The van der Waals surface area contributed by atoms with E-state index in [-0.39, 0.29) is 11.8 Å². The summed E-state index contributed by atoms with van der Waals surface area (Å²) in [7, 11) is 1.63. The van der Waals surface area contributed by atoms with Crippen molar-refractivity contribution in [2.24, 2.45) is 0 Å². The minimum atomic E-state index is -0.955. The van der Waals surface area contributed by atoms with E-state index >= 15 is 0 Å². The summed E-state index contributed by atoms with van der Waals surface area (Å²) in [5.74, 6) is 0.508. The molecule has 8 nitrogen and oxygen atoms in total. The van der Waals surface area contributed by atoms with Crippen molar-refractivity contribution in [3.63, 3.8) is 0 Å². The van der Waals surface area contributed by atoms with Crippen LogP contribution in [0.4, 0.5) is 0 Å². The molecule has 2 aliphatic heterocycles. The average molecular weight is 446 g/mol. The van der Waals surface area contributed by atoms with Crippen molar-refractivity contribution in [3.05, 3.63) is 84.1 Å². The van der Waals surface area contributed by atoms with Gasteiger partial charge in [0.25, 0.3) is 5.91 Å². The Balaban J connectivity index is 1.45. The Bertz CT molecular complexity index is 1100. The Labute approximate surface area is 193 Å². The number of carbonyl (C=O) groups is 1. The second kappa shape index (κ2) is 9.25. The fourth-order valence-corrected chi connectivity index (χ4v) is 4.95. The van der Waals surface area contributed by atoms with Crippen LogP contribution in [0.2, 0.25) is 0 Å². The van der Waals surface area contributed by atoms with Crippen LogP contribution in [-0.4, -0.2) is 69.6 Å². The van der Waals surface area contributed by atoms with Crippen molar-refractivity contribution in [3.8, 4) is 5.88 Å². The minimum Gasteiger partial charge on any atom is -0.481 e. The number of ether oxygens (including phenoxy) is 2. The number of aromatic nitrogens is 3. The second-order valence-electron chi connectivity index (χ2n) is 8.50. The average Bonchev–Trinajstić information content (AvgIpc) is 3.22. The van der Waals surface area contributed by atoms with Crippen molar-refractivity contribution in [1.29, 1.82) is 0 Å². The number of amides is 1. The molecule has 0 N–H and O–H groups in total. The third-order valence-electron chi connectivity index (χ3n) is 6.48. The molecule has 0 aliphatic carbocycles. The number of rotatable bonds is 6. The second-order valence-corrected chi connectivity index (χ2v) is 8.50. The van der Waals surface area contributed by atoms with E-state index in [4.69, 9.17) is 9.47 Å². The van der Waals surface area contributed by atoms with Gasteiger partial charge >= 0.3 is 0 Å². The van der Waals surface area contributed by atoms with Crippen molar-refractivity contribution in [2.45, 2.75) is 24.6 Å². The number of pyridine rings is 3. The highest BCUT2D eigenvalue weighted by atomic mass is 16.5. The molecule has 2 saturated heterocycles. The van der Waals surface area contributed by atoms with Gasteiger partial charge in [0.05, 0.1) is 13.7 Å². The number of morpholine rings is 1. The zero-order chi connectivity index (χ0) is 22.7. The number of nitrogens with zero attached hydrogens (tertiary/aromatic N) is 5. The quantitative estimate of drug-likeness (QED) is 0.576. The number of hydrogen-bond donors (Lipinski definition) is 0. The Hall–Kier alpha value is -3.36. The fourth-order valence-electron chi connectivity index (χ4n) is 4.95. The van der Waals surface area contributed by atoms with Gasteiger partial charge in [0, 0.05) is 75.2 Å². The molecular formula is C25H27N5O3.